The zero-order chi connectivity index (χ0) is 23.7. The van der Waals surface area contributed by atoms with Crippen molar-refractivity contribution >= 4 is 11.0 Å². The standard InChI is InChI=1S/C28H37N3O3/c1-31(16-7-12-25-29-26-23(33-2)13-14-24(34-3)27(26)30-25)17-15-28(32)18-19-8-6-11-22(28)21-10-5-4-9-20(19)21/h4-5,9-10,13-14,19,22,32H,6-8,11-12,15-18H2,1-3H3,(H,29,30). The van der Waals surface area contributed by atoms with E-state index in [-0.39, 0.29) is 5.92 Å². The Balaban J connectivity index is 1.18. The van der Waals surface area contributed by atoms with Gasteiger partial charge in [-0.05, 0) is 74.9 Å². The van der Waals surface area contributed by atoms with Gasteiger partial charge in [0.2, 0.25) is 0 Å². The zero-order valence-corrected chi connectivity index (χ0v) is 20.6. The van der Waals surface area contributed by atoms with Crippen LogP contribution in [0.1, 0.15) is 67.3 Å². The fraction of sp³-hybridized carbons (Fsp3) is 0.536. The first-order valence-electron chi connectivity index (χ1n) is 12.6. The van der Waals surface area contributed by atoms with E-state index in [1.165, 1.54) is 24.0 Å². The molecule has 2 N–H and O–H groups in total. The van der Waals surface area contributed by atoms with E-state index in [1.54, 1.807) is 14.2 Å². The Hall–Kier alpha value is -2.57. The van der Waals surface area contributed by atoms with Crippen LogP contribution < -0.4 is 9.47 Å². The van der Waals surface area contributed by atoms with Gasteiger partial charge in [0, 0.05) is 18.9 Å². The van der Waals surface area contributed by atoms with Gasteiger partial charge in [0.15, 0.2) is 0 Å². The highest BCUT2D eigenvalue weighted by Gasteiger charge is 2.46. The number of H-pyrrole nitrogens is 1. The molecule has 0 amide bonds. The summed E-state index contributed by atoms with van der Waals surface area (Å²) in [6.07, 6.45) is 7.12. The van der Waals surface area contributed by atoms with Gasteiger partial charge in [-0.2, -0.15) is 0 Å². The Morgan fingerprint density at radius 2 is 1.82 bits per heavy atom. The summed E-state index contributed by atoms with van der Waals surface area (Å²) < 4.78 is 10.9. The van der Waals surface area contributed by atoms with E-state index in [9.17, 15) is 5.11 Å². The number of rotatable bonds is 9. The van der Waals surface area contributed by atoms with E-state index in [1.807, 2.05) is 12.1 Å². The van der Waals surface area contributed by atoms with Crippen molar-refractivity contribution in [2.24, 2.45) is 0 Å². The molecule has 3 aliphatic carbocycles. The van der Waals surface area contributed by atoms with Gasteiger partial charge < -0.3 is 24.5 Å². The van der Waals surface area contributed by atoms with E-state index in [4.69, 9.17) is 14.5 Å². The summed E-state index contributed by atoms with van der Waals surface area (Å²) >= 11 is 0. The molecule has 2 aromatic carbocycles. The van der Waals surface area contributed by atoms with E-state index in [0.717, 1.165) is 73.6 Å². The van der Waals surface area contributed by atoms with E-state index in [2.05, 4.69) is 41.2 Å². The molecule has 182 valence electrons. The maximum atomic E-state index is 11.8. The van der Waals surface area contributed by atoms with Crippen LogP contribution in [0.3, 0.4) is 0 Å². The molecule has 34 heavy (non-hydrogen) atoms. The van der Waals surface area contributed by atoms with Crippen LogP contribution in [0.2, 0.25) is 0 Å². The number of aryl methyl sites for hydroxylation is 1. The SMILES string of the molecule is COc1ccc(OC)c2[nH]c(CCCN(C)CCC3(O)CC4CCCC3c3ccccc34)nc12. The Bertz CT molecular complexity index is 1100. The third kappa shape index (κ3) is 4.29. The van der Waals surface area contributed by atoms with Crippen LogP contribution in [-0.4, -0.2) is 59.9 Å². The van der Waals surface area contributed by atoms with Gasteiger partial charge in [0.1, 0.15) is 28.4 Å². The summed E-state index contributed by atoms with van der Waals surface area (Å²) in [6.45, 7) is 1.87. The van der Waals surface area contributed by atoms with Crippen LogP contribution in [0.5, 0.6) is 11.5 Å². The van der Waals surface area contributed by atoms with E-state index < -0.39 is 5.60 Å². The molecule has 0 saturated heterocycles. The average Bonchev–Trinajstić information content (AvgIpc) is 3.09. The van der Waals surface area contributed by atoms with Gasteiger partial charge in [-0.15, -0.1) is 0 Å². The fourth-order valence-corrected chi connectivity index (χ4v) is 6.25. The van der Waals surface area contributed by atoms with Crippen molar-refractivity contribution in [3.63, 3.8) is 0 Å². The molecule has 6 nitrogen and oxygen atoms in total. The number of methoxy groups -OCH3 is 2. The lowest BCUT2D eigenvalue weighted by Crippen LogP contribution is -2.43. The normalized spacial score (nSPS) is 23.8. The number of aromatic amines is 1. The fourth-order valence-electron chi connectivity index (χ4n) is 6.25. The monoisotopic (exact) mass is 463 g/mol. The Kier molecular flexibility index (Phi) is 6.54. The van der Waals surface area contributed by atoms with Crippen molar-refractivity contribution in [2.75, 3.05) is 34.4 Å². The number of aromatic nitrogens is 2. The second kappa shape index (κ2) is 9.59. The number of fused-ring (bicyclic) bond motifs is 4. The molecule has 6 rings (SSSR count). The smallest absolute Gasteiger partial charge is 0.146 e. The molecule has 2 bridgehead atoms. The van der Waals surface area contributed by atoms with Crippen LogP contribution in [0.15, 0.2) is 36.4 Å². The minimum atomic E-state index is -0.588. The van der Waals surface area contributed by atoms with Crippen molar-refractivity contribution < 1.29 is 14.6 Å². The van der Waals surface area contributed by atoms with Crippen LogP contribution in [0.4, 0.5) is 0 Å². The number of benzene rings is 2. The molecule has 6 heteroatoms. The maximum Gasteiger partial charge on any atom is 0.146 e. The summed E-state index contributed by atoms with van der Waals surface area (Å²) in [4.78, 5) is 10.5. The van der Waals surface area contributed by atoms with Crippen LogP contribution in [0, 0.1) is 0 Å². The topological polar surface area (TPSA) is 70.6 Å². The predicted octanol–water partition coefficient (Wildman–Crippen LogP) is 5.02. The summed E-state index contributed by atoms with van der Waals surface area (Å²) in [5.74, 6) is 3.26. The summed E-state index contributed by atoms with van der Waals surface area (Å²) in [6, 6.07) is 12.6. The molecule has 0 aliphatic heterocycles. The van der Waals surface area contributed by atoms with Gasteiger partial charge in [-0.3, -0.25) is 0 Å². The lowest BCUT2D eigenvalue weighted by Gasteiger charge is -2.43. The van der Waals surface area contributed by atoms with Gasteiger partial charge in [0.25, 0.3) is 0 Å². The number of nitrogens with one attached hydrogen (secondary N) is 1. The largest absolute Gasteiger partial charge is 0.494 e. The number of nitrogens with zero attached hydrogens (tertiary/aromatic N) is 2. The Morgan fingerprint density at radius 3 is 2.62 bits per heavy atom. The third-order valence-electron chi connectivity index (χ3n) is 8.04. The molecular weight excluding hydrogens is 426 g/mol. The van der Waals surface area contributed by atoms with Gasteiger partial charge >= 0.3 is 0 Å². The van der Waals surface area contributed by atoms with Crippen molar-refractivity contribution in [1.82, 2.24) is 14.9 Å². The van der Waals surface area contributed by atoms with Crippen LogP contribution in [-0.2, 0) is 6.42 Å². The molecule has 3 atom stereocenters. The minimum absolute atomic E-state index is 0.274. The van der Waals surface area contributed by atoms with Gasteiger partial charge in [0.05, 0.1) is 19.8 Å². The average molecular weight is 464 g/mol. The summed E-state index contributed by atoms with van der Waals surface area (Å²) in [7, 11) is 5.50. The number of ether oxygens (including phenoxy) is 2. The number of hydrogen-bond donors (Lipinski definition) is 2. The lowest BCUT2D eigenvalue weighted by atomic mass is 9.67. The number of aliphatic hydroxyl groups is 1. The predicted molar refractivity (Wildman–Crippen MR) is 135 cm³/mol. The molecule has 1 heterocycles. The number of imidazole rings is 1. The first-order valence-corrected chi connectivity index (χ1v) is 12.6. The summed E-state index contributed by atoms with van der Waals surface area (Å²) in [5.41, 5.74) is 4.00. The van der Waals surface area contributed by atoms with E-state index in [0.29, 0.717) is 5.92 Å². The molecule has 3 aliphatic rings. The zero-order valence-electron chi connectivity index (χ0n) is 20.6. The van der Waals surface area contributed by atoms with Crippen molar-refractivity contribution in [3.8, 4) is 11.5 Å². The van der Waals surface area contributed by atoms with E-state index >= 15 is 0 Å². The molecule has 0 spiro atoms. The third-order valence-corrected chi connectivity index (χ3v) is 8.04. The lowest BCUT2D eigenvalue weighted by molar-refractivity contribution is -0.0194. The second-order valence-corrected chi connectivity index (χ2v) is 10.2. The first-order chi connectivity index (χ1) is 16.5. The quantitative estimate of drug-likeness (QED) is 0.466. The second-order valence-electron chi connectivity index (χ2n) is 10.2. The highest BCUT2D eigenvalue weighted by molar-refractivity contribution is 5.87. The molecule has 3 unspecified atom stereocenters. The van der Waals surface area contributed by atoms with Crippen LogP contribution in [0.25, 0.3) is 11.0 Å². The molecule has 0 radical (unpaired) electrons. The minimum Gasteiger partial charge on any atom is -0.494 e. The summed E-state index contributed by atoms with van der Waals surface area (Å²) in [5, 5.41) is 11.8. The van der Waals surface area contributed by atoms with Crippen molar-refractivity contribution in [3.05, 3.63) is 53.3 Å². The maximum absolute atomic E-state index is 11.8. The van der Waals surface area contributed by atoms with Crippen molar-refractivity contribution in [1.29, 1.82) is 0 Å². The molecule has 1 saturated carbocycles. The highest BCUT2D eigenvalue weighted by atomic mass is 16.5. The molecule has 3 aromatic rings. The Labute approximate surface area is 202 Å². The Morgan fingerprint density at radius 1 is 1.06 bits per heavy atom. The highest BCUT2D eigenvalue weighted by Crippen LogP contribution is 2.53. The molecule has 1 fully saturated rings. The first kappa shape index (κ1) is 23.2. The van der Waals surface area contributed by atoms with Gasteiger partial charge in [-0.1, -0.05) is 30.7 Å². The molecular formula is C28H37N3O3. The number of hydrogen-bond acceptors (Lipinski definition) is 5. The van der Waals surface area contributed by atoms with Crippen molar-refractivity contribution in [2.45, 2.75) is 62.4 Å². The van der Waals surface area contributed by atoms with Crippen LogP contribution >= 0.6 is 0 Å². The molecule has 1 aromatic heterocycles. The van der Waals surface area contributed by atoms with Gasteiger partial charge in [-0.25, -0.2) is 4.98 Å².